The zero-order valence-corrected chi connectivity index (χ0v) is 14.5. The molecule has 2 aromatic rings. The Morgan fingerprint density at radius 2 is 1.44 bits per heavy atom. The van der Waals surface area contributed by atoms with Gasteiger partial charge in [0.2, 0.25) is 0 Å². The van der Waals surface area contributed by atoms with Gasteiger partial charge in [-0.25, -0.2) is 0 Å². The fourth-order valence-electron chi connectivity index (χ4n) is 2.08. The first-order valence-corrected chi connectivity index (χ1v) is 7.80. The predicted molar refractivity (Wildman–Crippen MR) is 98.8 cm³/mol. The fourth-order valence-corrected chi connectivity index (χ4v) is 2.08. The van der Waals surface area contributed by atoms with Crippen molar-refractivity contribution in [1.29, 1.82) is 0 Å². The first kappa shape index (κ1) is 18.3. The number of hydrogen-bond donors (Lipinski definition) is 2. The molecule has 6 heteroatoms. The average Bonchev–Trinajstić information content (AvgIpc) is 2.61. The molecule has 2 aromatic carbocycles. The molecule has 0 saturated heterocycles. The lowest BCUT2D eigenvalue weighted by Gasteiger charge is -2.05. The molecule has 0 aliphatic rings. The van der Waals surface area contributed by atoms with Gasteiger partial charge in [0.1, 0.15) is 23.0 Å². The molecular weight excluding hydrogens is 320 g/mol. The van der Waals surface area contributed by atoms with Gasteiger partial charge in [0, 0.05) is 35.7 Å². The van der Waals surface area contributed by atoms with Crippen LogP contribution in [0.5, 0.6) is 23.0 Å². The number of phenols is 2. The van der Waals surface area contributed by atoms with Gasteiger partial charge in [-0.1, -0.05) is 0 Å². The van der Waals surface area contributed by atoms with Crippen LogP contribution in [0.1, 0.15) is 18.1 Å². The summed E-state index contributed by atoms with van der Waals surface area (Å²) < 4.78 is 10.1. The summed E-state index contributed by atoms with van der Waals surface area (Å²) in [4.78, 5) is 8.67. The van der Waals surface area contributed by atoms with Gasteiger partial charge < -0.3 is 19.7 Å². The summed E-state index contributed by atoms with van der Waals surface area (Å²) in [5.41, 5.74) is 1.23. The molecule has 0 bridgehead atoms. The van der Waals surface area contributed by atoms with Gasteiger partial charge in [-0.2, -0.15) is 0 Å². The summed E-state index contributed by atoms with van der Waals surface area (Å²) >= 11 is 0. The molecule has 0 heterocycles. The number of phenolic OH excluding ortho intramolecular Hbond substituents is 2. The Labute approximate surface area is 147 Å². The largest absolute Gasteiger partial charge is 0.507 e. The summed E-state index contributed by atoms with van der Waals surface area (Å²) in [6, 6.07) is 10.00. The first-order valence-electron chi connectivity index (χ1n) is 7.80. The maximum Gasteiger partial charge on any atom is 0.128 e. The number of benzene rings is 2. The molecule has 0 aliphatic heterocycles. The number of ether oxygens (including phenoxy) is 2. The Morgan fingerprint density at radius 3 is 1.92 bits per heavy atom. The van der Waals surface area contributed by atoms with Gasteiger partial charge in [0.05, 0.1) is 26.8 Å². The van der Waals surface area contributed by atoms with Crippen LogP contribution in [0.15, 0.2) is 46.4 Å². The van der Waals surface area contributed by atoms with Crippen LogP contribution in [-0.2, 0) is 0 Å². The first-order chi connectivity index (χ1) is 12.0. The Hall–Kier alpha value is -3.02. The average molecular weight is 342 g/mol. The van der Waals surface area contributed by atoms with Crippen LogP contribution in [0.25, 0.3) is 0 Å². The monoisotopic (exact) mass is 342 g/mol. The predicted octanol–water partition coefficient (Wildman–Crippen LogP) is 3.04. The molecule has 0 radical (unpaired) electrons. The van der Waals surface area contributed by atoms with E-state index in [0.717, 1.165) is 0 Å². The van der Waals surface area contributed by atoms with Crippen LogP contribution < -0.4 is 9.47 Å². The minimum Gasteiger partial charge on any atom is -0.507 e. The molecule has 0 fully saturated rings. The number of aromatic hydroxyl groups is 2. The Balaban J connectivity index is 1.95. The van der Waals surface area contributed by atoms with E-state index in [1.54, 1.807) is 50.9 Å². The molecule has 2 N–H and O–H groups in total. The Kier molecular flexibility index (Phi) is 6.39. The van der Waals surface area contributed by atoms with Crippen LogP contribution in [0.4, 0.5) is 0 Å². The lowest BCUT2D eigenvalue weighted by Crippen LogP contribution is -2.04. The molecule has 6 nitrogen and oxygen atoms in total. The quantitative estimate of drug-likeness (QED) is 0.758. The molecule has 0 amide bonds. The van der Waals surface area contributed by atoms with Crippen molar-refractivity contribution in [3.63, 3.8) is 0 Å². The minimum atomic E-state index is -0.0712. The highest BCUT2D eigenvalue weighted by Crippen LogP contribution is 2.22. The second-order valence-corrected chi connectivity index (χ2v) is 5.47. The van der Waals surface area contributed by atoms with Gasteiger partial charge in [0.15, 0.2) is 0 Å². The molecule has 0 unspecified atom stereocenters. The molecule has 0 aromatic heterocycles. The maximum atomic E-state index is 9.89. The van der Waals surface area contributed by atoms with E-state index in [1.165, 1.54) is 12.1 Å². The number of hydrogen-bond acceptors (Lipinski definition) is 6. The van der Waals surface area contributed by atoms with Crippen LogP contribution in [0.2, 0.25) is 0 Å². The topological polar surface area (TPSA) is 83.6 Å². The third kappa shape index (κ3) is 5.24. The summed E-state index contributed by atoms with van der Waals surface area (Å²) in [7, 11) is 3.09. The van der Waals surface area contributed by atoms with E-state index >= 15 is 0 Å². The standard InChI is InChI=1S/C19H22N2O4/c1-13(21-12-15-5-7-17(25-3)9-19(15)23)10-20-11-14-4-6-16(24-2)8-18(14)22/h4-9,11-13,22-23H,10H2,1-3H3/t13-/m1/s1. The van der Waals surface area contributed by atoms with E-state index in [2.05, 4.69) is 9.98 Å². The van der Waals surface area contributed by atoms with Crippen molar-refractivity contribution in [2.45, 2.75) is 13.0 Å². The molecule has 2 rings (SSSR count). The molecule has 132 valence electrons. The summed E-state index contributed by atoms with van der Waals surface area (Å²) in [5.74, 6) is 1.41. The summed E-state index contributed by atoms with van der Waals surface area (Å²) in [6.07, 6.45) is 3.21. The zero-order chi connectivity index (χ0) is 18.2. The van der Waals surface area contributed by atoms with Gasteiger partial charge in [-0.3, -0.25) is 9.98 Å². The maximum absolute atomic E-state index is 9.89. The van der Waals surface area contributed by atoms with Crippen LogP contribution in [0.3, 0.4) is 0 Å². The highest BCUT2D eigenvalue weighted by Gasteiger charge is 2.03. The number of rotatable bonds is 7. The summed E-state index contributed by atoms with van der Waals surface area (Å²) in [6.45, 7) is 2.38. The second kappa shape index (κ2) is 8.73. The van der Waals surface area contributed by atoms with E-state index < -0.39 is 0 Å². The smallest absolute Gasteiger partial charge is 0.128 e. The molecule has 0 saturated carbocycles. The van der Waals surface area contributed by atoms with Crippen molar-refractivity contribution in [3.8, 4) is 23.0 Å². The molecule has 0 spiro atoms. The number of nitrogens with zero attached hydrogens (tertiary/aromatic N) is 2. The second-order valence-electron chi connectivity index (χ2n) is 5.47. The van der Waals surface area contributed by atoms with Gasteiger partial charge in [-0.05, 0) is 31.2 Å². The normalized spacial score (nSPS) is 12.6. The van der Waals surface area contributed by atoms with Crippen molar-refractivity contribution >= 4 is 12.4 Å². The number of aliphatic imine (C=N–C) groups is 2. The Morgan fingerprint density at radius 1 is 0.920 bits per heavy atom. The van der Waals surface area contributed by atoms with Crippen LogP contribution >= 0.6 is 0 Å². The third-order valence-corrected chi connectivity index (χ3v) is 3.54. The van der Waals surface area contributed by atoms with Crippen molar-refractivity contribution < 1.29 is 19.7 Å². The zero-order valence-electron chi connectivity index (χ0n) is 14.5. The lowest BCUT2D eigenvalue weighted by atomic mass is 10.2. The van der Waals surface area contributed by atoms with Crippen LogP contribution in [0, 0.1) is 0 Å². The SMILES string of the molecule is COc1ccc(C=NC[C@@H](C)N=Cc2ccc(OC)cc2O)c(O)c1. The van der Waals surface area contributed by atoms with Gasteiger partial charge in [0.25, 0.3) is 0 Å². The highest BCUT2D eigenvalue weighted by atomic mass is 16.5. The van der Waals surface area contributed by atoms with Gasteiger partial charge >= 0.3 is 0 Å². The molecular formula is C19H22N2O4. The third-order valence-electron chi connectivity index (χ3n) is 3.54. The van der Waals surface area contributed by atoms with E-state index in [-0.39, 0.29) is 17.5 Å². The van der Waals surface area contributed by atoms with Gasteiger partial charge in [-0.15, -0.1) is 0 Å². The van der Waals surface area contributed by atoms with E-state index in [4.69, 9.17) is 9.47 Å². The summed E-state index contributed by atoms with van der Waals surface area (Å²) in [5, 5.41) is 19.8. The van der Waals surface area contributed by atoms with Crippen molar-refractivity contribution in [2.24, 2.45) is 9.98 Å². The van der Waals surface area contributed by atoms with Crippen molar-refractivity contribution in [3.05, 3.63) is 47.5 Å². The van der Waals surface area contributed by atoms with Crippen LogP contribution in [-0.4, -0.2) is 49.4 Å². The van der Waals surface area contributed by atoms with Crippen molar-refractivity contribution in [2.75, 3.05) is 20.8 Å². The fraction of sp³-hybridized carbons (Fsp3) is 0.263. The number of methoxy groups -OCH3 is 2. The lowest BCUT2D eigenvalue weighted by molar-refractivity contribution is 0.407. The molecule has 0 aliphatic carbocycles. The highest BCUT2D eigenvalue weighted by molar-refractivity contribution is 5.84. The molecule has 1 atom stereocenters. The van der Waals surface area contributed by atoms with E-state index in [9.17, 15) is 10.2 Å². The minimum absolute atomic E-state index is 0.0712. The van der Waals surface area contributed by atoms with E-state index in [1.807, 2.05) is 6.92 Å². The molecule has 25 heavy (non-hydrogen) atoms. The van der Waals surface area contributed by atoms with Crippen molar-refractivity contribution in [1.82, 2.24) is 0 Å². The Bertz CT molecular complexity index is 772. The van der Waals surface area contributed by atoms with E-state index in [0.29, 0.717) is 29.2 Å².